The van der Waals surface area contributed by atoms with E-state index in [-0.39, 0.29) is 0 Å². The minimum Gasteiger partial charge on any atom is -0.385 e. The predicted molar refractivity (Wildman–Crippen MR) is 73.3 cm³/mol. The van der Waals surface area contributed by atoms with E-state index in [0.717, 1.165) is 17.8 Å². The maximum Gasteiger partial charge on any atom is 0.0343 e. The monoisotopic (exact) mass is 229 g/mol. The fraction of sp³-hybridized carbons (Fsp3) is 0.625. The molecule has 92 valence electrons. The SMILES string of the molecule is Cc1ccc(NCC2CC3CCC2C3)cc1C. The van der Waals surface area contributed by atoms with Crippen LogP contribution in [0.5, 0.6) is 0 Å². The van der Waals surface area contributed by atoms with E-state index in [4.69, 9.17) is 0 Å². The molecular weight excluding hydrogens is 206 g/mol. The number of aryl methyl sites for hydroxylation is 2. The minimum atomic E-state index is 0.940. The van der Waals surface area contributed by atoms with Gasteiger partial charge in [0.25, 0.3) is 0 Å². The molecule has 3 unspecified atom stereocenters. The zero-order valence-electron chi connectivity index (χ0n) is 11.0. The Kier molecular flexibility index (Phi) is 2.85. The first kappa shape index (κ1) is 11.1. The van der Waals surface area contributed by atoms with E-state index >= 15 is 0 Å². The highest BCUT2D eigenvalue weighted by Gasteiger charge is 2.38. The Morgan fingerprint density at radius 3 is 2.65 bits per heavy atom. The standard InChI is InChI=1S/C16H23N/c1-11-3-6-16(7-12(11)2)17-10-15-9-13-4-5-14(15)8-13/h3,6-7,13-15,17H,4-5,8-10H2,1-2H3. The molecule has 2 aliphatic carbocycles. The summed E-state index contributed by atoms with van der Waals surface area (Å²) in [5.74, 6) is 3.03. The van der Waals surface area contributed by atoms with E-state index in [1.165, 1.54) is 49.0 Å². The van der Waals surface area contributed by atoms with Crippen molar-refractivity contribution in [2.45, 2.75) is 39.5 Å². The first-order chi connectivity index (χ1) is 8.22. The lowest BCUT2D eigenvalue weighted by Crippen LogP contribution is -2.20. The molecule has 17 heavy (non-hydrogen) atoms. The van der Waals surface area contributed by atoms with Crippen LogP contribution in [0.2, 0.25) is 0 Å². The normalized spacial score (nSPS) is 30.8. The molecular formula is C16H23N. The number of fused-ring (bicyclic) bond motifs is 2. The van der Waals surface area contributed by atoms with Crippen LogP contribution in [0.3, 0.4) is 0 Å². The molecule has 2 bridgehead atoms. The molecule has 2 fully saturated rings. The number of benzene rings is 1. The van der Waals surface area contributed by atoms with Gasteiger partial charge < -0.3 is 5.32 Å². The summed E-state index contributed by atoms with van der Waals surface area (Å²) in [6.45, 7) is 5.55. The molecule has 1 aromatic carbocycles. The molecule has 0 aromatic heterocycles. The lowest BCUT2D eigenvalue weighted by molar-refractivity contribution is 0.348. The van der Waals surface area contributed by atoms with E-state index < -0.39 is 0 Å². The first-order valence-electron chi connectivity index (χ1n) is 7.03. The molecule has 1 N–H and O–H groups in total. The minimum absolute atomic E-state index is 0.940. The van der Waals surface area contributed by atoms with Crippen LogP contribution in [0.25, 0.3) is 0 Å². The molecule has 1 heteroatoms. The van der Waals surface area contributed by atoms with E-state index in [1.54, 1.807) is 0 Å². The summed E-state index contributed by atoms with van der Waals surface area (Å²) in [6.07, 6.45) is 5.98. The average Bonchev–Trinajstić information content (AvgIpc) is 2.92. The lowest BCUT2D eigenvalue weighted by atomic mass is 9.89. The Morgan fingerprint density at radius 1 is 1.12 bits per heavy atom. The van der Waals surface area contributed by atoms with E-state index in [2.05, 4.69) is 37.4 Å². The highest BCUT2D eigenvalue weighted by molar-refractivity contribution is 5.48. The van der Waals surface area contributed by atoms with Gasteiger partial charge in [-0.3, -0.25) is 0 Å². The maximum atomic E-state index is 3.64. The fourth-order valence-corrected chi connectivity index (χ4v) is 3.73. The van der Waals surface area contributed by atoms with Gasteiger partial charge in [0.05, 0.1) is 0 Å². The fourth-order valence-electron chi connectivity index (χ4n) is 3.73. The third-order valence-electron chi connectivity index (χ3n) is 4.96. The molecule has 2 saturated carbocycles. The van der Waals surface area contributed by atoms with E-state index in [9.17, 15) is 0 Å². The van der Waals surface area contributed by atoms with Gasteiger partial charge in [-0.2, -0.15) is 0 Å². The Bertz CT molecular complexity index is 410. The summed E-state index contributed by atoms with van der Waals surface area (Å²) < 4.78 is 0. The molecule has 0 heterocycles. The van der Waals surface area contributed by atoms with Crippen molar-refractivity contribution in [2.24, 2.45) is 17.8 Å². The van der Waals surface area contributed by atoms with Gasteiger partial charge in [-0.1, -0.05) is 12.5 Å². The molecule has 0 spiro atoms. The van der Waals surface area contributed by atoms with Gasteiger partial charge in [0.2, 0.25) is 0 Å². The van der Waals surface area contributed by atoms with Crippen LogP contribution >= 0.6 is 0 Å². The van der Waals surface area contributed by atoms with Crippen LogP contribution < -0.4 is 5.32 Å². The van der Waals surface area contributed by atoms with Crippen LogP contribution in [0.1, 0.15) is 36.8 Å². The lowest BCUT2D eigenvalue weighted by Gasteiger charge is -2.22. The van der Waals surface area contributed by atoms with Gasteiger partial charge in [0.15, 0.2) is 0 Å². The average molecular weight is 229 g/mol. The number of anilines is 1. The molecule has 0 saturated heterocycles. The smallest absolute Gasteiger partial charge is 0.0343 e. The Balaban J connectivity index is 1.59. The summed E-state index contributed by atoms with van der Waals surface area (Å²) in [5.41, 5.74) is 4.08. The second kappa shape index (κ2) is 4.36. The molecule has 0 aliphatic heterocycles. The number of hydrogen-bond donors (Lipinski definition) is 1. The van der Waals surface area contributed by atoms with Crippen molar-refractivity contribution in [3.05, 3.63) is 29.3 Å². The summed E-state index contributed by atoms with van der Waals surface area (Å²) in [4.78, 5) is 0. The van der Waals surface area contributed by atoms with Crippen molar-refractivity contribution in [3.63, 3.8) is 0 Å². The zero-order valence-corrected chi connectivity index (χ0v) is 11.0. The topological polar surface area (TPSA) is 12.0 Å². The zero-order chi connectivity index (χ0) is 11.8. The molecule has 3 atom stereocenters. The molecule has 0 radical (unpaired) electrons. The largest absolute Gasteiger partial charge is 0.385 e. The van der Waals surface area contributed by atoms with Crippen LogP contribution in [-0.2, 0) is 0 Å². The van der Waals surface area contributed by atoms with Crippen molar-refractivity contribution in [3.8, 4) is 0 Å². The molecule has 1 nitrogen and oxygen atoms in total. The number of hydrogen-bond acceptors (Lipinski definition) is 1. The molecule has 1 aromatic rings. The van der Waals surface area contributed by atoms with Crippen LogP contribution in [0.15, 0.2) is 18.2 Å². The van der Waals surface area contributed by atoms with Gasteiger partial charge in [-0.15, -0.1) is 0 Å². The number of rotatable bonds is 3. The summed E-state index contributed by atoms with van der Waals surface area (Å²) in [6, 6.07) is 6.72. The van der Waals surface area contributed by atoms with E-state index in [1.807, 2.05) is 0 Å². The highest BCUT2D eigenvalue weighted by Crippen LogP contribution is 2.48. The van der Waals surface area contributed by atoms with Gasteiger partial charge in [0, 0.05) is 12.2 Å². The van der Waals surface area contributed by atoms with Crippen LogP contribution in [-0.4, -0.2) is 6.54 Å². The van der Waals surface area contributed by atoms with Crippen molar-refractivity contribution in [1.29, 1.82) is 0 Å². The number of nitrogens with one attached hydrogen (secondary N) is 1. The highest BCUT2D eigenvalue weighted by atomic mass is 14.9. The van der Waals surface area contributed by atoms with Gasteiger partial charge in [-0.05, 0) is 74.1 Å². The van der Waals surface area contributed by atoms with Gasteiger partial charge in [0.1, 0.15) is 0 Å². The predicted octanol–water partition coefficient (Wildman–Crippen LogP) is 4.15. The Hall–Kier alpha value is -0.980. The first-order valence-corrected chi connectivity index (χ1v) is 7.03. The van der Waals surface area contributed by atoms with Crippen molar-refractivity contribution < 1.29 is 0 Å². The third-order valence-corrected chi connectivity index (χ3v) is 4.96. The Labute approximate surface area is 105 Å². The Morgan fingerprint density at radius 2 is 2.00 bits per heavy atom. The van der Waals surface area contributed by atoms with Crippen molar-refractivity contribution >= 4 is 5.69 Å². The second-order valence-corrected chi connectivity index (χ2v) is 6.11. The van der Waals surface area contributed by atoms with Gasteiger partial charge >= 0.3 is 0 Å². The van der Waals surface area contributed by atoms with E-state index in [0.29, 0.717) is 0 Å². The van der Waals surface area contributed by atoms with Crippen molar-refractivity contribution in [2.75, 3.05) is 11.9 Å². The quantitative estimate of drug-likeness (QED) is 0.821. The summed E-state index contributed by atoms with van der Waals surface area (Å²) in [5, 5.41) is 3.64. The second-order valence-electron chi connectivity index (χ2n) is 6.11. The molecule has 2 aliphatic rings. The van der Waals surface area contributed by atoms with Crippen LogP contribution in [0, 0.1) is 31.6 Å². The molecule has 0 amide bonds. The molecule has 3 rings (SSSR count). The summed E-state index contributed by atoms with van der Waals surface area (Å²) in [7, 11) is 0. The van der Waals surface area contributed by atoms with Gasteiger partial charge in [-0.25, -0.2) is 0 Å². The maximum absolute atomic E-state index is 3.64. The summed E-state index contributed by atoms with van der Waals surface area (Å²) >= 11 is 0. The van der Waals surface area contributed by atoms with Crippen molar-refractivity contribution in [1.82, 2.24) is 0 Å². The van der Waals surface area contributed by atoms with Crippen LogP contribution in [0.4, 0.5) is 5.69 Å². The third kappa shape index (κ3) is 2.20.